The van der Waals surface area contributed by atoms with Gasteiger partial charge in [0.2, 0.25) is 17.7 Å². The van der Waals surface area contributed by atoms with Crippen LogP contribution in [0.1, 0.15) is 77.2 Å². The zero-order valence-corrected chi connectivity index (χ0v) is 17.3. The summed E-state index contributed by atoms with van der Waals surface area (Å²) in [6.45, 7) is -26.9. The summed E-state index contributed by atoms with van der Waals surface area (Å²) in [5.41, 5.74) is -8.37. The molecule has 0 aromatic carbocycles. The predicted molar refractivity (Wildman–Crippen MR) is 117 cm³/mol. The number of fused-ring (bicyclic) bond motifs is 1. The Morgan fingerprint density at radius 3 is 2.57 bits per heavy atom. The number of nitriles is 1. The van der Waals surface area contributed by atoms with E-state index < -0.39 is 141 Å². The second kappa shape index (κ2) is 8.99. The van der Waals surface area contributed by atoms with E-state index in [4.69, 9.17) is 28.8 Å². The lowest BCUT2D eigenvalue weighted by molar-refractivity contribution is -0.176. The Balaban J connectivity index is 2.41. The molecule has 3 rings (SSSR count). The molecule has 2 aliphatic heterocycles. The molecule has 3 N–H and O–H groups in total. The Morgan fingerprint density at radius 1 is 1.37 bits per heavy atom. The van der Waals surface area contributed by atoms with Gasteiger partial charge >= 0.3 is 12.1 Å². The molecular formula is C23H32F3N5O4. The van der Waals surface area contributed by atoms with Crippen molar-refractivity contribution >= 4 is 23.6 Å². The highest BCUT2D eigenvalue weighted by atomic mass is 19.4. The SMILES string of the molecule is [2H]C([2H])([2H])C1(C([2H])([2H])[2H])[C@H]2[C@@H]1CN(C(=O)[C@@]([2H])(NC(=O)C(F)(F)F)C(C([2H])([2H])[2H])(C([2H])([2H])[2H])C([2H])([2H])[2H])[C@]2([2H])C(=O)N[C@H](C#N)C[C@@]1([2H])C(=O)NC([2H])([2H])C1([2H])[2H]. The van der Waals surface area contributed by atoms with Crippen LogP contribution >= 0.6 is 0 Å². The summed E-state index contributed by atoms with van der Waals surface area (Å²) >= 11 is 0. The number of halogens is 3. The molecule has 35 heavy (non-hydrogen) atoms. The van der Waals surface area contributed by atoms with Crippen molar-refractivity contribution in [2.75, 3.05) is 13.0 Å². The molecule has 3 aliphatic rings. The second-order valence-electron chi connectivity index (χ2n) is 7.87. The molecule has 0 unspecified atom stereocenters. The van der Waals surface area contributed by atoms with Gasteiger partial charge in [0.15, 0.2) is 0 Å². The van der Waals surface area contributed by atoms with Gasteiger partial charge in [-0.05, 0) is 35.5 Å². The minimum Gasteiger partial charge on any atom is -0.356 e. The molecule has 0 aromatic rings. The summed E-state index contributed by atoms with van der Waals surface area (Å²) in [5.74, 6) is -18.5. The highest BCUT2D eigenvalue weighted by Crippen LogP contribution is 2.65. The van der Waals surface area contributed by atoms with Gasteiger partial charge in [0.25, 0.3) is 0 Å². The van der Waals surface area contributed by atoms with E-state index >= 15 is 0 Å². The first-order chi connectivity index (χ1) is 24.8. The van der Waals surface area contributed by atoms with Gasteiger partial charge in [-0.1, -0.05) is 34.3 Å². The van der Waals surface area contributed by atoms with Crippen molar-refractivity contribution in [3.63, 3.8) is 0 Å². The van der Waals surface area contributed by atoms with E-state index in [9.17, 15) is 39.0 Å². The van der Waals surface area contributed by atoms with Crippen molar-refractivity contribution in [2.24, 2.45) is 28.6 Å². The van der Waals surface area contributed by atoms with Crippen LogP contribution in [0.3, 0.4) is 0 Å². The quantitative estimate of drug-likeness (QED) is 0.482. The first-order valence-corrected chi connectivity index (χ1v) is 9.57. The maximum Gasteiger partial charge on any atom is 0.471 e. The van der Waals surface area contributed by atoms with Crippen LogP contribution < -0.4 is 16.0 Å². The van der Waals surface area contributed by atoms with E-state index in [-0.39, 0.29) is 0 Å². The summed E-state index contributed by atoms with van der Waals surface area (Å²) in [6.07, 6.45) is -11.3. The minimum atomic E-state index is -6.25. The maximum absolute atomic E-state index is 14.6. The van der Waals surface area contributed by atoms with Crippen molar-refractivity contribution in [1.82, 2.24) is 20.9 Å². The highest BCUT2D eigenvalue weighted by molar-refractivity contribution is 5.95. The number of hydrogen-bond donors (Lipinski definition) is 3. The summed E-state index contributed by atoms with van der Waals surface area (Å²) < 4.78 is 219. The number of carbonyl (C=O) groups excluding carboxylic acids is 4. The minimum absolute atomic E-state index is 0.480. The first-order valence-electron chi connectivity index (χ1n) is 20.6. The maximum atomic E-state index is 14.6. The Kier molecular flexibility index (Phi) is 2.54. The van der Waals surface area contributed by atoms with Crippen molar-refractivity contribution in [3.05, 3.63) is 0 Å². The summed E-state index contributed by atoms with van der Waals surface area (Å²) in [6, 6.07) is -10.5. The van der Waals surface area contributed by atoms with E-state index in [0.717, 1.165) is 0 Å². The Morgan fingerprint density at radius 2 is 2.06 bits per heavy atom. The number of likely N-dealkylation sites (tertiary alicyclic amines) is 1. The van der Waals surface area contributed by atoms with E-state index in [2.05, 4.69) is 0 Å². The largest absolute Gasteiger partial charge is 0.471 e. The standard InChI is InChI=1S/C23H32F3N5O4/c1-21(2,3)16(30-20(35)23(24,25)26)19(34)31-10-13-14(22(13,4)5)15(31)18(33)29-12(9-27)8-11-6-7-28-17(11)32/h11-16H,6-8,10H2,1-5H3,(H,28,32)(H,29,33)(H,30,35)/t11-,12-,13-,14-,15-,16+/m0/s1/i1D3,2D3,3D3,4D3,5D3,6D2,7D2,11D,15D,16D. The van der Waals surface area contributed by atoms with Gasteiger partial charge in [-0.2, -0.15) is 18.4 Å². The molecule has 6 atom stereocenters. The Labute approximate surface area is 233 Å². The molecule has 0 bridgehead atoms. The molecule has 2 saturated heterocycles. The van der Waals surface area contributed by atoms with Crippen LogP contribution in [0.2, 0.25) is 0 Å². The molecular weight excluding hydrogens is 467 g/mol. The van der Waals surface area contributed by atoms with Gasteiger partial charge in [-0.15, -0.1) is 0 Å². The summed E-state index contributed by atoms with van der Waals surface area (Å²) in [7, 11) is 0. The van der Waals surface area contributed by atoms with Crippen LogP contribution in [0.15, 0.2) is 0 Å². The Bertz CT molecular complexity index is 1700. The van der Waals surface area contributed by atoms with E-state index in [1.807, 2.05) is 0 Å². The van der Waals surface area contributed by atoms with Crippen LogP contribution in [-0.4, -0.2) is 65.8 Å². The van der Waals surface area contributed by atoms with Gasteiger partial charge in [0, 0.05) is 46.4 Å². The average Bonchev–Trinajstić information content (AvgIpc) is 3.54. The van der Waals surface area contributed by atoms with Crippen molar-refractivity contribution in [1.29, 1.82) is 5.26 Å². The normalized spacial score (nSPS) is 47.9. The van der Waals surface area contributed by atoms with Crippen LogP contribution in [0.25, 0.3) is 0 Å². The third-order valence-corrected chi connectivity index (χ3v) is 5.43. The monoisotopic (exact) mass is 521 g/mol. The number of nitrogens with zero attached hydrogens (tertiary/aromatic N) is 2. The van der Waals surface area contributed by atoms with E-state index in [1.54, 1.807) is 5.32 Å². The first kappa shape index (κ1) is 9.90. The molecule has 0 aromatic heterocycles. The summed E-state index contributed by atoms with van der Waals surface area (Å²) in [5, 5.41) is 13.5. The number of piperidine rings is 1. The fraction of sp³-hybridized carbons (Fsp3) is 0.783. The summed E-state index contributed by atoms with van der Waals surface area (Å²) in [4.78, 5) is 53.3. The molecule has 0 spiro atoms. The number of alkyl halides is 3. The average molecular weight is 522 g/mol. The van der Waals surface area contributed by atoms with Crippen LogP contribution in [0.4, 0.5) is 13.2 Å². The number of amides is 4. The Hall–Kier alpha value is -2.84. The lowest BCUT2D eigenvalue weighted by Gasteiger charge is -2.37. The molecule has 3 fully saturated rings. The fourth-order valence-corrected chi connectivity index (χ4v) is 3.67. The number of hydrogen-bond acceptors (Lipinski definition) is 5. The van der Waals surface area contributed by atoms with Gasteiger partial charge in [0.1, 0.15) is 18.1 Å². The molecule has 0 radical (unpaired) electrons. The van der Waals surface area contributed by atoms with Gasteiger partial charge in [0.05, 0.1) is 8.81 Å². The molecule has 12 heteroatoms. The van der Waals surface area contributed by atoms with Crippen LogP contribution in [0.5, 0.6) is 0 Å². The molecule has 1 saturated carbocycles. The lowest BCUT2D eigenvalue weighted by atomic mass is 9.85. The molecule has 194 valence electrons. The molecule has 9 nitrogen and oxygen atoms in total. The zero-order valence-electron chi connectivity index (χ0n) is 39.3. The molecule has 4 amide bonds. The topological polar surface area (TPSA) is 131 Å². The molecule has 1 aliphatic carbocycles. The van der Waals surface area contributed by atoms with Crippen LogP contribution in [0, 0.1) is 39.9 Å². The number of carbonyl (C=O) groups is 4. The third kappa shape index (κ3) is 5.23. The second-order valence-corrected chi connectivity index (χ2v) is 7.87. The molecule has 2 heterocycles. The van der Waals surface area contributed by atoms with Crippen molar-refractivity contribution < 1.29 is 62.5 Å². The fourth-order valence-electron chi connectivity index (χ4n) is 3.67. The van der Waals surface area contributed by atoms with Gasteiger partial charge in [-0.25, -0.2) is 0 Å². The number of rotatable bonds is 6. The smallest absolute Gasteiger partial charge is 0.356 e. The lowest BCUT2D eigenvalue weighted by Crippen LogP contribution is -2.61. The van der Waals surface area contributed by atoms with Crippen LogP contribution in [-0.2, 0) is 19.2 Å². The van der Waals surface area contributed by atoms with E-state index in [0.29, 0.717) is 5.32 Å². The third-order valence-electron chi connectivity index (χ3n) is 5.43. The zero-order chi connectivity index (χ0) is 45.4. The van der Waals surface area contributed by atoms with Gasteiger partial charge in [-0.3, -0.25) is 19.2 Å². The number of nitrogens with one attached hydrogen (secondary N) is 3. The van der Waals surface area contributed by atoms with E-state index in [1.165, 1.54) is 11.4 Å². The van der Waals surface area contributed by atoms with Crippen molar-refractivity contribution in [3.8, 4) is 6.07 Å². The highest BCUT2D eigenvalue weighted by Gasteiger charge is 2.70. The van der Waals surface area contributed by atoms with Crippen molar-refractivity contribution in [2.45, 2.75) is 71.3 Å². The van der Waals surface area contributed by atoms with Gasteiger partial charge < -0.3 is 20.9 Å². The predicted octanol–water partition coefficient (Wildman–Crippen LogP) is 1.10.